The van der Waals surface area contributed by atoms with E-state index in [0.29, 0.717) is 0 Å². The Kier molecular flexibility index (Phi) is 34.0. The van der Waals surface area contributed by atoms with E-state index in [0.717, 1.165) is 5.92 Å². The van der Waals surface area contributed by atoms with Gasteiger partial charge in [0, 0.05) is 0 Å². The lowest BCUT2D eigenvalue weighted by molar-refractivity contribution is 0.392. The molecule has 0 aliphatic rings. The van der Waals surface area contributed by atoms with E-state index in [-0.39, 0.29) is 0 Å². The normalized spacial score (nSPS) is 11.7. The first-order chi connectivity index (χ1) is 18.3. The van der Waals surface area contributed by atoms with E-state index in [1.807, 2.05) is 0 Å². The number of hydrogen-bond acceptors (Lipinski definition) is 0. The Labute approximate surface area is 238 Å². The Balaban J connectivity index is 3.87. The summed E-state index contributed by atoms with van der Waals surface area (Å²) < 4.78 is 0. The van der Waals surface area contributed by atoms with Crippen molar-refractivity contribution in [3.8, 4) is 0 Å². The number of unbranched alkanes of at least 4 members (excludes halogenated alkanes) is 27. The second kappa shape index (κ2) is 34.0. The zero-order valence-electron chi connectivity index (χ0n) is 26.8. The smallest absolute Gasteiger partial charge is 0.0383 e. The third-order valence-corrected chi connectivity index (χ3v) is 8.69. The molecular formula is C37H75. The van der Waals surface area contributed by atoms with Gasteiger partial charge in [-0.25, -0.2) is 0 Å². The topological polar surface area (TPSA) is 0 Å². The second-order valence-corrected chi connectivity index (χ2v) is 12.6. The summed E-state index contributed by atoms with van der Waals surface area (Å²) in [7, 11) is 0. The van der Waals surface area contributed by atoms with Gasteiger partial charge >= 0.3 is 0 Å². The average molecular weight is 520 g/mol. The van der Waals surface area contributed by atoms with E-state index in [1.165, 1.54) is 205 Å². The molecule has 1 radical (unpaired) electrons. The van der Waals surface area contributed by atoms with Gasteiger partial charge < -0.3 is 0 Å². The zero-order valence-corrected chi connectivity index (χ0v) is 26.8. The minimum atomic E-state index is 0.983. The fourth-order valence-electron chi connectivity index (χ4n) is 6.00. The van der Waals surface area contributed by atoms with E-state index in [1.54, 1.807) is 0 Å². The van der Waals surface area contributed by atoms with Crippen LogP contribution in [0.5, 0.6) is 0 Å². The quantitative estimate of drug-likeness (QED) is 0.0756. The lowest BCUT2D eigenvalue weighted by atomic mass is 9.89. The van der Waals surface area contributed by atoms with Gasteiger partial charge in [-0.1, -0.05) is 220 Å². The summed E-state index contributed by atoms with van der Waals surface area (Å²) in [6, 6.07) is 0. The molecule has 0 spiro atoms. The minimum Gasteiger partial charge on any atom is -0.0654 e. The second-order valence-electron chi connectivity index (χ2n) is 12.6. The van der Waals surface area contributed by atoms with E-state index >= 15 is 0 Å². The Morgan fingerprint density at radius 2 is 0.595 bits per heavy atom. The molecule has 0 atom stereocenters. The average Bonchev–Trinajstić information content (AvgIpc) is 2.91. The first-order valence-electron chi connectivity index (χ1n) is 18.2. The van der Waals surface area contributed by atoms with Crippen LogP contribution in [0, 0.1) is 12.3 Å². The molecule has 0 N–H and O–H groups in total. The number of hydrogen-bond donors (Lipinski definition) is 0. The van der Waals surface area contributed by atoms with E-state index in [4.69, 9.17) is 0 Å². The zero-order chi connectivity index (χ0) is 26.9. The molecule has 0 fully saturated rings. The van der Waals surface area contributed by atoms with Crippen molar-refractivity contribution in [3.05, 3.63) is 6.42 Å². The van der Waals surface area contributed by atoms with Crippen LogP contribution in [0.3, 0.4) is 0 Å². The molecule has 0 aliphatic heterocycles. The highest BCUT2D eigenvalue weighted by atomic mass is 14.1. The third kappa shape index (κ3) is 32.1. The molecule has 0 unspecified atom stereocenters. The van der Waals surface area contributed by atoms with Crippen molar-refractivity contribution >= 4 is 0 Å². The van der Waals surface area contributed by atoms with Crippen LogP contribution >= 0.6 is 0 Å². The predicted octanol–water partition coefficient (Wildman–Crippen LogP) is 14.3. The van der Waals surface area contributed by atoms with E-state index in [2.05, 4.69) is 27.2 Å². The van der Waals surface area contributed by atoms with Gasteiger partial charge in [0.15, 0.2) is 0 Å². The maximum Gasteiger partial charge on any atom is -0.0383 e. The van der Waals surface area contributed by atoms with Gasteiger partial charge in [0.25, 0.3) is 0 Å². The summed E-state index contributed by atoms with van der Waals surface area (Å²) in [5.74, 6) is 0.983. The molecule has 0 saturated heterocycles. The van der Waals surface area contributed by atoms with Crippen LogP contribution in [-0.4, -0.2) is 0 Å². The first-order valence-corrected chi connectivity index (χ1v) is 18.2. The van der Waals surface area contributed by atoms with Gasteiger partial charge in [-0.3, -0.25) is 0 Å². The molecule has 37 heavy (non-hydrogen) atoms. The molecule has 0 aromatic heterocycles. The highest BCUT2D eigenvalue weighted by Gasteiger charge is 2.09. The van der Waals surface area contributed by atoms with Gasteiger partial charge in [-0.05, 0) is 18.8 Å². The van der Waals surface area contributed by atoms with E-state index < -0.39 is 0 Å². The van der Waals surface area contributed by atoms with Gasteiger partial charge in [0.2, 0.25) is 0 Å². The van der Waals surface area contributed by atoms with Gasteiger partial charge in [0.05, 0.1) is 0 Å². The van der Waals surface area contributed by atoms with Gasteiger partial charge in [-0.15, -0.1) is 0 Å². The Morgan fingerprint density at radius 1 is 0.324 bits per heavy atom. The highest BCUT2D eigenvalue weighted by molar-refractivity contribution is 4.72. The highest BCUT2D eigenvalue weighted by Crippen LogP contribution is 2.25. The predicted molar refractivity (Wildman–Crippen MR) is 173 cm³/mol. The minimum absolute atomic E-state index is 0.983. The maximum atomic E-state index is 2.69. The van der Waals surface area contributed by atoms with Crippen LogP contribution in [0.25, 0.3) is 0 Å². The summed E-state index contributed by atoms with van der Waals surface area (Å²) >= 11 is 0. The molecule has 0 amide bonds. The molecule has 0 rings (SSSR count). The van der Waals surface area contributed by atoms with Crippen molar-refractivity contribution in [1.82, 2.24) is 0 Å². The fraction of sp³-hybridized carbons (Fsp3) is 0.973. The monoisotopic (exact) mass is 520 g/mol. The van der Waals surface area contributed by atoms with Crippen LogP contribution < -0.4 is 0 Å². The lowest BCUT2D eigenvalue weighted by Gasteiger charge is -2.17. The summed E-state index contributed by atoms with van der Waals surface area (Å²) in [4.78, 5) is 0. The molecule has 0 saturated carbocycles. The molecule has 0 nitrogen and oxygen atoms in total. The van der Waals surface area contributed by atoms with Gasteiger partial charge in [-0.2, -0.15) is 0 Å². The van der Waals surface area contributed by atoms with Crippen LogP contribution in [0.15, 0.2) is 0 Å². The van der Waals surface area contributed by atoms with Crippen molar-refractivity contribution in [3.63, 3.8) is 0 Å². The van der Waals surface area contributed by atoms with E-state index in [9.17, 15) is 0 Å². The van der Waals surface area contributed by atoms with Crippen LogP contribution in [0.1, 0.15) is 226 Å². The third-order valence-electron chi connectivity index (χ3n) is 8.69. The van der Waals surface area contributed by atoms with Crippen molar-refractivity contribution in [1.29, 1.82) is 0 Å². The summed E-state index contributed by atoms with van der Waals surface area (Å²) in [6.45, 7) is 6.95. The molecule has 0 heteroatoms. The molecule has 0 heterocycles. The van der Waals surface area contributed by atoms with Crippen LogP contribution in [0.4, 0.5) is 0 Å². The van der Waals surface area contributed by atoms with Crippen molar-refractivity contribution in [2.24, 2.45) is 5.92 Å². The summed E-state index contributed by atoms with van der Waals surface area (Å²) in [5.41, 5.74) is 0. The van der Waals surface area contributed by atoms with Gasteiger partial charge in [0.1, 0.15) is 0 Å². The Bertz CT molecular complexity index is 315. The molecule has 0 aliphatic carbocycles. The molecule has 223 valence electrons. The molecule has 0 aromatic rings. The van der Waals surface area contributed by atoms with Crippen molar-refractivity contribution < 1.29 is 0 Å². The van der Waals surface area contributed by atoms with Crippen molar-refractivity contribution in [2.45, 2.75) is 226 Å². The summed E-state index contributed by atoms with van der Waals surface area (Å²) in [6.07, 6.45) is 49.4. The summed E-state index contributed by atoms with van der Waals surface area (Å²) in [5, 5.41) is 0. The SMILES string of the molecule is CCCCCCCCCC[CH]CC(CCCCCCCCCCCC)CCCCCCCCCCCC. The maximum absolute atomic E-state index is 2.69. The molecule has 0 aromatic carbocycles. The molecular weight excluding hydrogens is 444 g/mol. The van der Waals surface area contributed by atoms with Crippen LogP contribution in [-0.2, 0) is 0 Å². The van der Waals surface area contributed by atoms with Crippen molar-refractivity contribution in [2.75, 3.05) is 0 Å². The standard InChI is InChI=1S/C37H75/c1-4-7-10-13-16-19-22-25-28-31-34-37(35-32-29-26-23-20-17-14-11-8-5-2)36-33-30-27-24-21-18-15-12-9-6-3/h31,37H,4-30,32-36H2,1-3H3. The lowest BCUT2D eigenvalue weighted by Crippen LogP contribution is -2.02. The first kappa shape index (κ1) is 37.0. The Hall–Kier alpha value is 0. The Morgan fingerprint density at radius 3 is 0.919 bits per heavy atom. The molecule has 0 bridgehead atoms. The van der Waals surface area contributed by atoms with Crippen LogP contribution in [0.2, 0.25) is 0 Å². The fourth-order valence-corrected chi connectivity index (χ4v) is 6.00. The largest absolute Gasteiger partial charge is 0.0654 e. The number of rotatable bonds is 33.